The molecule has 0 heterocycles. The van der Waals surface area contributed by atoms with E-state index in [0.717, 1.165) is 11.5 Å². The van der Waals surface area contributed by atoms with E-state index in [1.807, 2.05) is 0 Å². The van der Waals surface area contributed by atoms with Gasteiger partial charge in [0.15, 0.2) is 0 Å². The number of thioether (sulfide) groups is 1. The van der Waals surface area contributed by atoms with Crippen molar-refractivity contribution in [2.24, 2.45) is 0 Å². The van der Waals surface area contributed by atoms with Gasteiger partial charge in [-0.25, -0.2) is 0 Å². The Morgan fingerprint density at radius 1 is 0.793 bits per heavy atom. The fraction of sp³-hybridized carbons (Fsp3) is 0.308. The molecule has 3 aromatic rings. The molecule has 29 heavy (non-hydrogen) atoms. The summed E-state index contributed by atoms with van der Waals surface area (Å²) in [6, 6.07) is 17.5. The Labute approximate surface area is 179 Å². The molecule has 0 radical (unpaired) electrons. The van der Waals surface area contributed by atoms with Crippen LogP contribution in [0.5, 0.6) is 11.5 Å². The maximum Gasteiger partial charge on any atom is 0.122 e. The maximum atomic E-state index is 5.58. The summed E-state index contributed by atoms with van der Waals surface area (Å²) in [6.45, 7) is 8.71. The van der Waals surface area contributed by atoms with Crippen molar-refractivity contribution < 1.29 is 9.47 Å². The number of ether oxygens (including phenoxy) is 2. The molecule has 0 saturated heterocycles. The molecule has 0 fully saturated rings. The van der Waals surface area contributed by atoms with Crippen molar-refractivity contribution in [2.45, 2.75) is 38.5 Å². The standard InChI is InChI=1S/C26H30O2S/c1-16(2)22-14-19(8-10-24(22)28-6)23-15-20(9-11-25(23)29-7)26-17(3)12-21(27-5)13-18(26)4/h8-16H,1-7H3. The summed E-state index contributed by atoms with van der Waals surface area (Å²) in [4.78, 5) is 1.28. The monoisotopic (exact) mass is 406 g/mol. The number of hydrogen-bond acceptors (Lipinski definition) is 3. The van der Waals surface area contributed by atoms with Gasteiger partial charge in [0.1, 0.15) is 11.5 Å². The lowest BCUT2D eigenvalue weighted by Crippen LogP contribution is -1.96. The van der Waals surface area contributed by atoms with Crippen LogP contribution >= 0.6 is 11.8 Å². The number of benzene rings is 3. The van der Waals surface area contributed by atoms with Crippen molar-refractivity contribution in [3.8, 4) is 33.8 Å². The van der Waals surface area contributed by atoms with E-state index in [1.165, 1.54) is 43.8 Å². The summed E-state index contributed by atoms with van der Waals surface area (Å²) < 4.78 is 11.0. The summed E-state index contributed by atoms with van der Waals surface area (Å²) in [5.41, 5.74) is 8.68. The zero-order valence-corrected chi connectivity index (χ0v) is 19.2. The fourth-order valence-corrected chi connectivity index (χ4v) is 4.54. The molecular weight excluding hydrogens is 376 g/mol. The first kappa shape index (κ1) is 21.3. The van der Waals surface area contributed by atoms with Crippen LogP contribution in [-0.4, -0.2) is 20.5 Å². The smallest absolute Gasteiger partial charge is 0.122 e. The highest BCUT2D eigenvalue weighted by Gasteiger charge is 2.14. The van der Waals surface area contributed by atoms with Crippen molar-refractivity contribution >= 4 is 11.8 Å². The molecule has 2 nitrogen and oxygen atoms in total. The number of methoxy groups -OCH3 is 2. The zero-order chi connectivity index (χ0) is 21.1. The van der Waals surface area contributed by atoms with Crippen molar-refractivity contribution in [3.63, 3.8) is 0 Å². The molecule has 3 heteroatoms. The molecule has 0 N–H and O–H groups in total. The number of rotatable bonds is 6. The second-order valence-electron chi connectivity index (χ2n) is 7.66. The Kier molecular flexibility index (Phi) is 6.59. The average Bonchev–Trinajstić information content (AvgIpc) is 2.72. The van der Waals surface area contributed by atoms with Gasteiger partial charge in [0, 0.05) is 4.90 Å². The van der Waals surface area contributed by atoms with Gasteiger partial charge in [-0.1, -0.05) is 26.0 Å². The molecule has 0 aliphatic heterocycles. The highest BCUT2D eigenvalue weighted by molar-refractivity contribution is 7.98. The highest BCUT2D eigenvalue weighted by Crippen LogP contribution is 2.39. The van der Waals surface area contributed by atoms with E-state index in [-0.39, 0.29) is 0 Å². The highest BCUT2D eigenvalue weighted by atomic mass is 32.2. The van der Waals surface area contributed by atoms with Gasteiger partial charge in [-0.15, -0.1) is 11.8 Å². The Bertz CT molecular complexity index is 998. The summed E-state index contributed by atoms with van der Waals surface area (Å²) in [5, 5.41) is 0. The van der Waals surface area contributed by atoms with Crippen LogP contribution in [0, 0.1) is 13.8 Å². The second kappa shape index (κ2) is 8.96. The van der Waals surface area contributed by atoms with Gasteiger partial charge < -0.3 is 9.47 Å². The average molecular weight is 407 g/mol. The molecule has 0 aromatic heterocycles. The Hall–Kier alpha value is -2.39. The fourth-order valence-electron chi connectivity index (χ4n) is 3.94. The van der Waals surface area contributed by atoms with Crippen LogP contribution < -0.4 is 9.47 Å². The largest absolute Gasteiger partial charge is 0.497 e. The van der Waals surface area contributed by atoms with Crippen LogP contribution in [0.15, 0.2) is 53.4 Å². The van der Waals surface area contributed by atoms with E-state index < -0.39 is 0 Å². The van der Waals surface area contributed by atoms with Crippen molar-refractivity contribution in [3.05, 3.63) is 65.2 Å². The van der Waals surface area contributed by atoms with E-state index in [1.54, 1.807) is 26.0 Å². The third-order valence-electron chi connectivity index (χ3n) is 5.39. The first-order valence-electron chi connectivity index (χ1n) is 9.91. The van der Waals surface area contributed by atoms with Crippen molar-refractivity contribution in [2.75, 3.05) is 20.5 Å². The van der Waals surface area contributed by atoms with Gasteiger partial charge in [0.05, 0.1) is 14.2 Å². The molecule has 3 rings (SSSR count). The minimum Gasteiger partial charge on any atom is -0.497 e. The summed E-state index contributed by atoms with van der Waals surface area (Å²) >= 11 is 1.78. The Morgan fingerprint density at radius 2 is 1.45 bits per heavy atom. The van der Waals surface area contributed by atoms with Gasteiger partial charge >= 0.3 is 0 Å². The lowest BCUT2D eigenvalue weighted by atomic mass is 9.91. The summed E-state index contributed by atoms with van der Waals surface area (Å²) in [6.07, 6.45) is 2.13. The number of aryl methyl sites for hydroxylation is 2. The first-order chi connectivity index (χ1) is 13.9. The van der Waals surface area contributed by atoms with Gasteiger partial charge in [0.2, 0.25) is 0 Å². The molecular formula is C26H30O2S. The third-order valence-corrected chi connectivity index (χ3v) is 6.19. The van der Waals surface area contributed by atoms with Crippen LogP contribution in [-0.2, 0) is 0 Å². The van der Waals surface area contributed by atoms with Crippen LogP contribution in [0.25, 0.3) is 22.3 Å². The molecule has 3 aromatic carbocycles. The molecule has 0 aliphatic carbocycles. The minimum atomic E-state index is 0.400. The lowest BCUT2D eigenvalue weighted by molar-refractivity contribution is 0.407. The molecule has 0 unspecified atom stereocenters. The molecule has 0 bridgehead atoms. The topological polar surface area (TPSA) is 18.5 Å². The molecule has 0 aliphatic rings. The first-order valence-corrected chi connectivity index (χ1v) is 11.1. The number of hydrogen-bond donors (Lipinski definition) is 0. The summed E-state index contributed by atoms with van der Waals surface area (Å²) in [7, 11) is 3.46. The quantitative estimate of drug-likeness (QED) is 0.395. The van der Waals surface area contributed by atoms with Crippen LogP contribution in [0.1, 0.15) is 36.5 Å². The van der Waals surface area contributed by atoms with Crippen molar-refractivity contribution in [1.29, 1.82) is 0 Å². The molecule has 152 valence electrons. The molecule has 0 saturated carbocycles. The lowest BCUT2D eigenvalue weighted by Gasteiger charge is -2.17. The van der Waals surface area contributed by atoms with Crippen LogP contribution in [0.2, 0.25) is 0 Å². The van der Waals surface area contributed by atoms with Gasteiger partial charge in [-0.05, 0) is 101 Å². The van der Waals surface area contributed by atoms with Crippen LogP contribution in [0.4, 0.5) is 0 Å². The molecule has 0 spiro atoms. The maximum absolute atomic E-state index is 5.58. The summed E-state index contributed by atoms with van der Waals surface area (Å²) in [5.74, 6) is 2.26. The van der Waals surface area contributed by atoms with Gasteiger partial charge in [0.25, 0.3) is 0 Å². The molecule has 0 amide bonds. The van der Waals surface area contributed by atoms with E-state index in [0.29, 0.717) is 5.92 Å². The predicted molar refractivity (Wildman–Crippen MR) is 126 cm³/mol. The van der Waals surface area contributed by atoms with Gasteiger partial charge in [-0.2, -0.15) is 0 Å². The van der Waals surface area contributed by atoms with Gasteiger partial charge in [-0.3, -0.25) is 0 Å². The SMILES string of the molecule is COc1cc(C)c(-c2ccc(SC)c(-c3ccc(OC)c(C(C)C)c3)c2)c(C)c1. The normalized spacial score (nSPS) is 11.0. The zero-order valence-electron chi connectivity index (χ0n) is 18.4. The predicted octanol–water partition coefficient (Wildman–Crippen LogP) is 7.50. The van der Waals surface area contributed by atoms with Crippen molar-refractivity contribution in [1.82, 2.24) is 0 Å². The Balaban J connectivity index is 2.19. The minimum absolute atomic E-state index is 0.400. The van der Waals surface area contributed by atoms with Crippen LogP contribution in [0.3, 0.4) is 0 Å². The molecule has 0 atom stereocenters. The van der Waals surface area contributed by atoms with E-state index in [4.69, 9.17) is 9.47 Å². The third kappa shape index (κ3) is 4.30. The Morgan fingerprint density at radius 3 is 2.00 bits per heavy atom. The van der Waals surface area contributed by atoms with E-state index >= 15 is 0 Å². The van der Waals surface area contributed by atoms with E-state index in [2.05, 4.69) is 82.5 Å². The van der Waals surface area contributed by atoms with E-state index in [9.17, 15) is 0 Å². The second-order valence-corrected chi connectivity index (χ2v) is 8.51.